The fourth-order valence-electron chi connectivity index (χ4n) is 1.45. The lowest BCUT2D eigenvalue weighted by molar-refractivity contribution is -0.384. The Morgan fingerprint density at radius 3 is 2.68 bits per heavy atom. The van der Waals surface area contributed by atoms with Gasteiger partial charge >= 0.3 is 0 Å². The van der Waals surface area contributed by atoms with Gasteiger partial charge in [-0.2, -0.15) is 0 Å². The Labute approximate surface area is 107 Å². The van der Waals surface area contributed by atoms with Gasteiger partial charge in [0.25, 0.3) is 11.6 Å². The van der Waals surface area contributed by atoms with Crippen LogP contribution in [0.2, 0.25) is 0 Å². The molecule has 0 saturated carbocycles. The molecule has 0 saturated heterocycles. The van der Waals surface area contributed by atoms with Crippen LogP contribution in [-0.2, 0) is 0 Å². The van der Waals surface area contributed by atoms with Crippen LogP contribution in [0.4, 0.5) is 11.4 Å². The Morgan fingerprint density at radius 2 is 2.05 bits per heavy atom. The molecule has 96 valence electrons. The van der Waals surface area contributed by atoms with Gasteiger partial charge in [-0.1, -0.05) is 6.07 Å². The second kappa shape index (κ2) is 5.13. The summed E-state index contributed by atoms with van der Waals surface area (Å²) in [5, 5.41) is 13.1. The van der Waals surface area contributed by atoms with Gasteiger partial charge in [0.15, 0.2) is 0 Å². The lowest BCUT2D eigenvalue weighted by Crippen LogP contribution is -2.14. The summed E-state index contributed by atoms with van der Waals surface area (Å²) in [5.41, 5.74) is 0.141. The standard InChI is InChI=1S/C12H9N3O4/c16-11-5-4-8(7-13-11)12(17)14-9-2-1-3-10(6-9)15(18)19/h1-7H,(H,13,16)(H,14,17). The minimum Gasteiger partial charge on any atom is -0.328 e. The second-order valence-electron chi connectivity index (χ2n) is 3.70. The average Bonchev–Trinajstić information content (AvgIpc) is 2.39. The van der Waals surface area contributed by atoms with Crippen molar-refractivity contribution in [2.24, 2.45) is 0 Å². The molecule has 19 heavy (non-hydrogen) atoms. The third kappa shape index (κ3) is 3.03. The molecule has 0 radical (unpaired) electrons. The van der Waals surface area contributed by atoms with E-state index in [1.165, 1.54) is 42.6 Å². The second-order valence-corrected chi connectivity index (χ2v) is 3.70. The first-order valence-corrected chi connectivity index (χ1v) is 5.31. The van der Waals surface area contributed by atoms with Gasteiger partial charge in [0.1, 0.15) is 0 Å². The number of non-ortho nitro benzene ring substituents is 1. The number of nitro groups is 1. The number of aromatic amines is 1. The molecule has 0 unspecified atom stereocenters. The summed E-state index contributed by atoms with van der Waals surface area (Å²) in [5.74, 6) is -0.461. The van der Waals surface area contributed by atoms with Crippen molar-refractivity contribution >= 4 is 17.3 Å². The van der Waals surface area contributed by atoms with E-state index in [2.05, 4.69) is 10.3 Å². The van der Waals surface area contributed by atoms with Crippen molar-refractivity contribution < 1.29 is 9.72 Å². The van der Waals surface area contributed by atoms with Gasteiger partial charge < -0.3 is 10.3 Å². The van der Waals surface area contributed by atoms with Crippen LogP contribution in [0.25, 0.3) is 0 Å². The summed E-state index contributed by atoms with van der Waals surface area (Å²) in [7, 11) is 0. The number of H-pyrrole nitrogens is 1. The topological polar surface area (TPSA) is 105 Å². The molecule has 1 heterocycles. The highest BCUT2D eigenvalue weighted by Crippen LogP contribution is 2.17. The summed E-state index contributed by atoms with van der Waals surface area (Å²) in [6.07, 6.45) is 1.27. The molecule has 2 rings (SSSR count). The Kier molecular flexibility index (Phi) is 3.37. The number of nitro benzene ring substituents is 1. The van der Waals surface area contributed by atoms with E-state index in [0.29, 0.717) is 5.69 Å². The van der Waals surface area contributed by atoms with Crippen LogP contribution in [-0.4, -0.2) is 15.8 Å². The molecule has 0 fully saturated rings. The average molecular weight is 259 g/mol. The number of aromatic nitrogens is 1. The summed E-state index contributed by atoms with van der Waals surface area (Å²) in [4.78, 5) is 35.1. The van der Waals surface area contributed by atoms with E-state index in [0.717, 1.165) is 0 Å². The first-order chi connectivity index (χ1) is 9.06. The maximum atomic E-state index is 11.8. The molecule has 0 aliphatic heterocycles. The van der Waals surface area contributed by atoms with Gasteiger partial charge in [0.2, 0.25) is 5.56 Å². The number of carbonyl (C=O) groups excluding carboxylic acids is 1. The molecule has 1 aromatic heterocycles. The van der Waals surface area contributed by atoms with Crippen LogP contribution >= 0.6 is 0 Å². The van der Waals surface area contributed by atoms with E-state index in [1.807, 2.05) is 0 Å². The van der Waals surface area contributed by atoms with Gasteiger partial charge in [-0.25, -0.2) is 0 Å². The van der Waals surface area contributed by atoms with Gasteiger partial charge in [-0.3, -0.25) is 19.7 Å². The zero-order valence-corrected chi connectivity index (χ0v) is 9.62. The number of nitrogens with zero attached hydrogens (tertiary/aromatic N) is 1. The third-order valence-corrected chi connectivity index (χ3v) is 2.36. The van der Waals surface area contributed by atoms with Crippen LogP contribution in [0, 0.1) is 10.1 Å². The molecule has 0 aliphatic rings. The first-order valence-electron chi connectivity index (χ1n) is 5.31. The minimum atomic E-state index is -0.546. The van der Waals surface area contributed by atoms with Crippen molar-refractivity contribution in [3.05, 3.63) is 68.6 Å². The van der Waals surface area contributed by atoms with Crippen molar-refractivity contribution in [3.8, 4) is 0 Å². The Hall–Kier alpha value is -2.96. The molecular formula is C12H9N3O4. The van der Waals surface area contributed by atoms with Gasteiger partial charge in [-0.05, 0) is 12.1 Å². The molecule has 2 aromatic rings. The first kappa shape index (κ1) is 12.5. The van der Waals surface area contributed by atoms with Gasteiger partial charge in [-0.15, -0.1) is 0 Å². The molecule has 0 spiro atoms. The number of anilines is 1. The van der Waals surface area contributed by atoms with Crippen LogP contribution in [0.5, 0.6) is 0 Å². The fourth-order valence-corrected chi connectivity index (χ4v) is 1.45. The Morgan fingerprint density at radius 1 is 1.26 bits per heavy atom. The van der Waals surface area contributed by atoms with E-state index in [4.69, 9.17) is 0 Å². The van der Waals surface area contributed by atoms with Crippen LogP contribution < -0.4 is 10.9 Å². The predicted molar refractivity (Wildman–Crippen MR) is 68.1 cm³/mol. The largest absolute Gasteiger partial charge is 0.328 e. The number of hydrogen-bond donors (Lipinski definition) is 2. The van der Waals surface area contributed by atoms with Gasteiger partial charge in [0.05, 0.1) is 10.5 Å². The van der Waals surface area contributed by atoms with E-state index in [1.54, 1.807) is 0 Å². The van der Waals surface area contributed by atoms with Crippen molar-refractivity contribution in [1.29, 1.82) is 0 Å². The summed E-state index contributed by atoms with van der Waals surface area (Å²) in [6, 6.07) is 8.18. The Bertz CT molecular complexity index is 673. The number of nitrogens with one attached hydrogen (secondary N) is 2. The molecule has 7 heteroatoms. The minimum absolute atomic E-state index is 0.112. The normalized spacial score (nSPS) is 9.89. The lowest BCUT2D eigenvalue weighted by atomic mass is 10.2. The molecule has 1 amide bonds. The number of benzene rings is 1. The highest BCUT2D eigenvalue weighted by atomic mass is 16.6. The molecule has 0 bridgehead atoms. The number of pyridine rings is 1. The smallest absolute Gasteiger partial charge is 0.271 e. The highest BCUT2D eigenvalue weighted by molar-refractivity contribution is 6.04. The number of rotatable bonds is 3. The number of hydrogen-bond acceptors (Lipinski definition) is 4. The van der Waals surface area contributed by atoms with Crippen molar-refractivity contribution in [1.82, 2.24) is 4.98 Å². The summed E-state index contributed by atoms with van der Waals surface area (Å²) >= 11 is 0. The van der Waals surface area contributed by atoms with Crippen molar-refractivity contribution in [3.63, 3.8) is 0 Å². The maximum Gasteiger partial charge on any atom is 0.271 e. The zero-order valence-electron chi connectivity index (χ0n) is 9.62. The summed E-state index contributed by atoms with van der Waals surface area (Å²) < 4.78 is 0. The van der Waals surface area contributed by atoms with Crippen LogP contribution in [0.1, 0.15) is 10.4 Å². The van der Waals surface area contributed by atoms with E-state index in [-0.39, 0.29) is 16.8 Å². The lowest BCUT2D eigenvalue weighted by Gasteiger charge is -2.04. The van der Waals surface area contributed by atoms with Crippen LogP contribution in [0.15, 0.2) is 47.4 Å². The van der Waals surface area contributed by atoms with Crippen molar-refractivity contribution in [2.75, 3.05) is 5.32 Å². The monoisotopic (exact) mass is 259 g/mol. The number of carbonyl (C=O) groups is 1. The molecule has 7 nitrogen and oxygen atoms in total. The quantitative estimate of drug-likeness (QED) is 0.644. The van der Waals surface area contributed by atoms with E-state index >= 15 is 0 Å². The Balaban J connectivity index is 2.19. The summed E-state index contributed by atoms with van der Waals surface area (Å²) in [6.45, 7) is 0. The SMILES string of the molecule is O=C(Nc1cccc([N+](=O)[O-])c1)c1ccc(=O)[nH]c1. The molecule has 1 aromatic carbocycles. The maximum absolute atomic E-state index is 11.8. The molecule has 0 atom stereocenters. The molecular weight excluding hydrogens is 250 g/mol. The zero-order chi connectivity index (χ0) is 13.8. The van der Waals surface area contributed by atoms with Crippen molar-refractivity contribution in [2.45, 2.75) is 0 Å². The van der Waals surface area contributed by atoms with Crippen LogP contribution in [0.3, 0.4) is 0 Å². The van der Waals surface area contributed by atoms with E-state index in [9.17, 15) is 19.7 Å². The fraction of sp³-hybridized carbons (Fsp3) is 0. The van der Waals surface area contributed by atoms with E-state index < -0.39 is 10.8 Å². The van der Waals surface area contributed by atoms with Gasteiger partial charge in [0, 0.05) is 30.1 Å². The molecule has 2 N–H and O–H groups in total. The molecule has 0 aliphatic carbocycles. The number of amides is 1. The third-order valence-electron chi connectivity index (χ3n) is 2.36. The predicted octanol–water partition coefficient (Wildman–Crippen LogP) is 1.54. The highest BCUT2D eigenvalue weighted by Gasteiger charge is 2.09.